The zero-order chi connectivity index (χ0) is 24.2. The van der Waals surface area contributed by atoms with Crippen molar-refractivity contribution in [2.24, 2.45) is 0 Å². The van der Waals surface area contributed by atoms with Crippen LogP contribution in [0, 0.1) is 0 Å². The SMILES string of the molecule is COc1cccc(-c2c(NC(=O)CN3CCN(c4ccccc4)CC3)oc3ccccc3c2=O)c1. The van der Waals surface area contributed by atoms with Crippen LogP contribution >= 0.6 is 0 Å². The molecule has 5 rings (SSSR count). The molecule has 0 atom stereocenters. The molecule has 7 heteroatoms. The minimum atomic E-state index is -0.222. The highest BCUT2D eigenvalue weighted by Crippen LogP contribution is 2.30. The van der Waals surface area contributed by atoms with Crippen LogP contribution in [0.15, 0.2) is 88.1 Å². The normalized spacial score (nSPS) is 14.1. The number of para-hydroxylation sites is 2. The Kier molecular flexibility index (Phi) is 6.50. The molecule has 4 aromatic rings. The predicted octanol–water partition coefficient (Wildman–Crippen LogP) is 4.23. The van der Waals surface area contributed by atoms with E-state index in [1.807, 2.05) is 24.3 Å². The number of fused-ring (bicyclic) bond motifs is 1. The lowest BCUT2D eigenvalue weighted by atomic mass is 10.0. The van der Waals surface area contributed by atoms with E-state index in [-0.39, 0.29) is 23.8 Å². The number of carbonyl (C=O) groups is 1. The summed E-state index contributed by atoms with van der Waals surface area (Å²) in [5.41, 5.74) is 2.35. The maximum absolute atomic E-state index is 13.4. The summed E-state index contributed by atoms with van der Waals surface area (Å²) in [5.74, 6) is 0.541. The number of hydrogen-bond donors (Lipinski definition) is 1. The molecule has 0 bridgehead atoms. The number of benzene rings is 3. The Labute approximate surface area is 203 Å². The highest BCUT2D eigenvalue weighted by atomic mass is 16.5. The second-order valence-corrected chi connectivity index (χ2v) is 8.51. The number of rotatable bonds is 6. The van der Waals surface area contributed by atoms with Gasteiger partial charge in [-0.25, -0.2) is 0 Å². The lowest BCUT2D eigenvalue weighted by molar-refractivity contribution is -0.117. The van der Waals surface area contributed by atoms with Gasteiger partial charge in [0.2, 0.25) is 17.2 Å². The topological polar surface area (TPSA) is 75.0 Å². The van der Waals surface area contributed by atoms with Gasteiger partial charge in [0.15, 0.2) is 0 Å². The quantitative estimate of drug-likeness (QED) is 0.456. The van der Waals surface area contributed by atoms with E-state index < -0.39 is 0 Å². The molecule has 35 heavy (non-hydrogen) atoms. The minimum Gasteiger partial charge on any atom is -0.497 e. The summed E-state index contributed by atoms with van der Waals surface area (Å²) in [7, 11) is 1.57. The van der Waals surface area contributed by atoms with Crippen molar-refractivity contribution in [3.63, 3.8) is 0 Å². The van der Waals surface area contributed by atoms with Crippen LogP contribution in [-0.2, 0) is 4.79 Å². The molecule has 2 heterocycles. The van der Waals surface area contributed by atoms with Crippen molar-refractivity contribution < 1.29 is 13.9 Å². The number of ether oxygens (including phenoxy) is 1. The van der Waals surface area contributed by atoms with Crippen LogP contribution in [-0.4, -0.2) is 50.6 Å². The summed E-state index contributed by atoms with van der Waals surface area (Å²) in [6, 6.07) is 24.5. The van der Waals surface area contributed by atoms with Gasteiger partial charge in [0.05, 0.1) is 24.6 Å². The molecule has 0 radical (unpaired) electrons. The zero-order valence-electron chi connectivity index (χ0n) is 19.6. The molecule has 1 aromatic heterocycles. The fourth-order valence-corrected chi connectivity index (χ4v) is 4.44. The molecule has 0 saturated carbocycles. The maximum atomic E-state index is 13.4. The molecule has 1 fully saturated rings. The molecule has 1 aliphatic heterocycles. The fraction of sp³-hybridized carbons (Fsp3) is 0.214. The van der Waals surface area contributed by atoms with Crippen molar-refractivity contribution >= 4 is 28.4 Å². The van der Waals surface area contributed by atoms with Gasteiger partial charge < -0.3 is 14.1 Å². The molecule has 0 unspecified atom stereocenters. The van der Waals surface area contributed by atoms with E-state index in [9.17, 15) is 9.59 Å². The molecule has 7 nitrogen and oxygen atoms in total. The van der Waals surface area contributed by atoms with Crippen molar-refractivity contribution in [1.82, 2.24) is 4.90 Å². The third-order valence-corrected chi connectivity index (χ3v) is 6.27. The molecule has 1 saturated heterocycles. The Morgan fingerprint density at radius 1 is 0.943 bits per heavy atom. The van der Waals surface area contributed by atoms with E-state index in [0.29, 0.717) is 27.8 Å². The Balaban J connectivity index is 1.37. The summed E-state index contributed by atoms with van der Waals surface area (Å²) >= 11 is 0. The predicted molar refractivity (Wildman–Crippen MR) is 138 cm³/mol. The van der Waals surface area contributed by atoms with Gasteiger partial charge >= 0.3 is 0 Å². The Bertz CT molecular complexity index is 1390. The standard InChI is InChI=1S/C28H27N3O4/c1-34-22-11-7-8-20(18-22)26-27(33)23-12-5-6-13-24(23)35-28(26)29-25(32)19-30-14-16-31(17-15-30)21-9-3-2-4-10-21/h2-13,18H,14-17,19H2,1H3,(H,29,32). The second kappa shape index (κ2) is 10.0. The van der Waals surface area contributed by atoms with Gasteiger partial charge in [-0.15, -0.1) is 0 Å². The third-order valence-electron chi connectivity index (χ3n) is 6.27. The van der Waals surface area contributed by atoms with E-state index in [1.54, 1.807) is 49.6 Å². The molecule has 1 aliphatic rings. The van der Waals surface area contributed by atoms with Crippen molar-refractivity contribution in [2.75, 3.05) is 50.1 Å². The highest BCUT2D eigenvalue weighted by Gasteiger charge is 2.22. The third kappa shape index (κ3) is 4.90. The van der Waals surface area contributed by atoms with Crippen LogP contribution in [0.1, 0.15) is 0 Å². The van der Waals surface area contributed by atoms with E-state index in [1.165, 1.54) is 5.69 Å². The number of nitrogens with one attached hydrogen (secondary N) is 1. The number of hydrogen-bond acceptors (Lipinski definition) is 6. The average Bonchev–Trinajstić information content (AvgIpc) is 2.90. The smallest absolute Gasteiger partial charge is 0.240 e. The summed E-state index contributed by atoms with van der Waals surface area (Å²) in [5, 5.41) is 3.33. The van der Waals surface area contributed by atoms with Crippen molar-refractivity contribution in [3.8, 4) is 16.9 Å². The van der Waals surface area contributed by atoms with Gasteiger partial charge in [0.1, 0.15) is 11.3 Å². The average molecular weight is 470 g/mol. The summed E-state index contributed by atoms with van der Waals surface area (Å²) in [6.45, 7) is 3.45. The molecular weight excluding hydrogens is 442 g/mol. The monoisotopic (exact) mass is 469 g/mol. The minimum absolute atomic E-state index is 0.148. The maximum Gasteiger partial charge on any atom is 0.240 e. The van der Waals surface area contributed by atoms with Gasteiger partial charge in [0, 0.05) is 31.9 Å². The molecule has 1 N–H and O–H groups in total. The Morgan fingerprint density at radius 2 is 1.69 bits per heavy atom. The molecule has 0 spiro atoms. The largest absolute Gasteiger partial charge is 0.497 e. The molecule has 3 aromatic carbocycles. The Hall–Kier alpha value is -4.10. The van der Waals surface area contributed by atoms with E-state index in [0.717, 1.165) is 26.2 Å². The zero-order valence-corrected chi connectivity index (χ0v) is 19.6. The van der Waals surface area contributed by atoms with Crippen LogP contribution in [0.5, 0.6) is 5.75 Å². The summed E-state index contributed by atoms with van der Waals surface area (Å²) < 4.78 is 11.4. The first-order valence-electron chi connectivity index (χ1n) is 11.6. The second-order valence-electron chi connectivity index (χ2n) is 8.51. The first kappa shape index (κ1) is 22.7. The molecule has 1 amide bonds. The van der Waals surface area contributed by atoms with E-state index >= 15 is 0 Å². The van der Waals surface area contributed by atoms with E-state index in [4.69, 9.17) is 9.15 Å². The lowest BCUT2D eigenvalue weighted by Crippen LogP contribution is -2.48. The van der Waals surface area contributed by atoms with Gasteiger partial charge in [-0.3, -0.25) is 19.8 Å². The summed E-state index contributed by atoms with van der Waals surface area (Å²) in [6.07, 6.45) is 0. The lowest BCUT2D eigenvalue weighted by Gasteiger charge is -2.35. The number of amides is 1. The van der Waals surface area contributed by atoms with Crippen LogP contribution in [0.3, 0.4) is 0 Å². The van der Waals surface area contributed by atoms with Crippen LogP contribution in [0.2, 0.25) is 0 Å². The molecular formula is C28H27N3O4. The first-order chi connectivity index (χ1) is 17.1. The number of anilines is 2. The molecule has 178 valence electrons. The fourth-order valence-electron chi connectivity index (χ4n) is 4.44. The first-order valence-corrected chi connectivity index (χ1v) is 11.6. The number of nitrogens with zero attached hydrogens (tertiary/aromatic N) is 2. The van der Waals surface area contributed by atoms with Crippen molar-refractivity contribution in [3.05, 3.63) is 89.1 Å². The van der Waals surface area contributed by atoms with Gasteiger partial charge in [-0.2, -0.15) is 0 Å². The van der Waals surface area contributed by atoms with Crippen molar-refractivity contribution in [1.29, 1.82) is 0 Å². The van der Waals surface area contributed by atoms with Gasteiger partial charge in [-0.05, 0) is 42.0 Å². The van der Waals surface area contributed by atoms with E-state index in [2.05, 4.69) is 27.2 Å². The van der Waals surface area contributed by atoms with Gasteiger partial charge in [0.25, 0.3) is 0 Å². The van der Waals surface area contributed by atoms with Gasteiger partial charge in [-0.1, -0.05) is 42.5 Å². The summed E-state index contributed by atoms with van der Waals surface area (Å²) in [4.78, 5) is 30.9. The number of carbonyl (C=O) groups excluding carboxylic acids is 1. The van der Waals surface area contributed by atoms with Crippen LogP contribution < -0.4 is 20.4 Å². The number of methoxy groups -OCH3 is 1. The van der Waals surface area contributed by atoms with Crippen LogP contribution in [0.25, 0.3) is 22.1 Å². The number of piperazine rings is 1. The molecule has 0 aliphatic carbocycles. The van der Waals surface area contributed by atoms with Crippen molar-refractivity contribution in [2.45, 2.75) is 0 Å². The Morgan fingerprint density at radius 3 is 2.46 bits per heavy atom. The highest BCUT2D eigenvalue weighted by molar-refractivity contribution is 5.97. The van der Waals surface area contributed by atoms with Crippen LogP contribution in [0.4, 0.5) is 11.6 Å².